The number of aliphatic hydroxyl groups excluding tert-OH is 1. The molecule has 0 amide bonds. The second-order valence-electron chi connectivity index (χ2n) is 6.34. The normalized spacial score (nSPS) is 20.4. The molecule has 1 saturated heterocycles. The highest BCUT2D eigenvalue weighted by Crippen LogP contribution is 2.50. The monoisotopic (exact) mass is 382 g/mol. The topological polar surface area (TPSA) is 133 Å². The molecule has 9 heteroatoms. The number of phenols is 1. The molecule has 0 aliphatic carbocycles. The van der Waals surface area contributed by atoms with Crippen LogP contribution in [0.3, 0.4) is 0 Å². The first kappa shape index (κ1) is 18.7. The quantitative estimate of drug-likeness (QED) is 0.420. The summed E-state index contributed by atoms with van der Waals surface area (Å²) in [4.78, 5) is 10.6. The van der Waals surface area contributed by atoms with Crippen molar-refractivity contribution in [1.29, 1.82) is 0 Å². The predicted octanol–water partition coefficient (Wildman–Crippen LogP) is 2.65. The maximum atomic E-state index is 10.6. The van der Waals surface area contributed by atoms with Crippen LogP contribution < -0.4 is 9.03 Å². The largest absolute Gasteiger partial charge is 0.506 e. The SMILES string of the molecule is O=C(O)CCCCc1ccc2cc(O)c(N3CC(O)NS3(O)O)cc2c1. The summed E-state index contributed by atoms with van der Waals surface area (Å²) >= 11 is 0. The molecular formula is C17H22N2O6S. The van der Waals surface area contributed by atoms with Crippen molar-refractivity contribution >= 4 is 33.4 Å². The number of aromatic hydroxyl groups is 1. The number of nitrogens with zero attached hydrogens (tertiary/aromatic N) is 1. The van der Waals surface area contributed by atoms with Crippen LogP contribution in [-0.2, 0) is 11.2 Å². The van der Waals surface area contributed by atoms with Crippen LogP contribution >= 0.6 is 11.0 Å². The molecule has 1 aliphatic rings. The number of unbranched alkanes of at least 4 members (excludes halogenated alkanes) is 1. The fourth-order valence-corrected chi connectivity index (χ4v) is 4.40. The van der Waals surface area contributed by atoms with Crippen LogP contribution in [0, 0.1) is 0 Å². The number of anilines is 1. The third-order valence-corrected chi connectivity index (χ3v) is 5.86. The number of benzene rings is 2. The summed E-state index contributed by atoms with van der Waals surface area (Å²) in [6.07, 6.45) is 1.14. The van der Waals surface area contributed by atoms with Gasteiger partial charge in [0.15, 0.2) is 0 Å². The molecule has 26 heavy (non-hydrogen) atoms. The molecule has 0 bridgehead atoms. The highest BCUT2D eigenvalue weighted by atomic mass is 32.3. The van der Waals surface area contributed by atoms with E-state index in [1.807, 2.05) is 18.2 Å². The average molecular weight is 382 g/mol. The Kier molecular flexibility index (Phi) is 5.26. The second-order valence-corrected chi connectivity index (χ2v) is 8.05. The Balaban J connectivity index is 1.85. The number of aliphatic carboxylic acids is 1. The minimum atomic E-state index is -3.40. The van der Waals surface area contributed by atoms with Gasteiger partial charge in [-0.2, -0.15) is 4.72 Å². The zero-order valence-corrected chi connectivity index (χ0v) is 14.8. The van der Waals surface area contributed by atoms with E-state index >= 15 is 0 Å². The number of fused-ring (bicyclic) bond motifs is 1. The summed E-state index contributed by atoms with van der Waals surface area (Å²) in [6, 6.07) is 8.92. The lowest BCUT2D eigenvalue weighted by Gasteiger charge is -2.37. The summed E-state index contributed by atoms with van der Waals surface area (Å²) in [5.41, 5.74) is 1.26. The van der Waals surface area contributed by atoms with E-state index < -0.39 is 23.2 Å². The second kappa shape index (κ2) is 7.29. The van der Waals surface area contributed by atoms with Gasteiger partial charge < -0.3 is 15.3 Å². The van der Waals surface area contributed by atoms with Gasteiger partial charge in [0.05, 0.1) is 6.54 Å². The molecule has 8 nitrogen and oxygen atoms in total. The average Bonchev–Trinajstić information content (AvgIpc) is 2.83. The molecule has 2 aromatic carbocycles. The Morgan fingerprint density at radius 3 is 2.62 bits per heavy atom. The number of aryl methyl sites for hydroxylation is 1. The first-order valence-electron chi connectivity index (χ1n) is 8.25. The van der Waals surface area contributed by atoms with Crippen molar-refractivity contribution in [2.75, 3.05) is 10.8 Å². The first-order chi connectivity index (χ1) is 12.3. The Hall–Kier alpha value is -2.04. The number of phenolic OH excluding ortho intramolecular Hbond substituents is 1. The summed E-state index contributed by atoms with van der Waals surface area (Å²) in [5, 5.41) is 30.2. The zero-order chi connectivity index (χ0) is 18.9. The van der Waals surface area contributed by atoms with E-state index in [1.54, 1.807) is 12.1 Å². The van der Waals surface area contributed by atoms with Crippen LogP contribution in [0.2, 0.25) is 0 Å². The van der Waals surface area contributed by atoms with Crippen molar-refractivity contribution in [3.8, 4) is 5.75 Å². The fraction of sp³-hybridized carbons (Fsp3) is 0.353. The minimum Gasteiger partial charge on any atom is -0.506 e. The van der Waals surface area contributed by atoms with Gasteiger partial charge in [-0.1, -0.05) is 29.2 Å². The maximum absolute atomic E-state index is 10.6. The molecule has 2 aromatic rings. The number of hydrogen-bond acceptors (Lipinski definition) is 7. The van der Waals surface area contributed by atoms with Crippen molar-refractivity contribution in [3.63, 3.8) is 0 Å². The molecule has 1 aliphatic heterocycles. The molecule has 142 valence electrons. The van der Waals surface area contributed by atoms with Gasteiger partial charge in [0, 0.05) is 6.42 Å². The number of nitrogens with one attached hydrogen (secondary N) is 1. The summed E-state index contributed by atoms with van der Waals surface area (Å²) in [6.45, 7) is -0.0592. The highest BCUT2D eigenvalue weighted by molar-refractivity contribution is 8.24. The van der Waals surface area contributed by atoms with Crippen molar-refractivity contribution in [3.05, 3.63) is 35.9 Å². The van der Waals surface area contributed by atoms with Crippen LogP contribution in [0.5, 0.6) is 5.75 Å². The van der Waals surface area contributed by atoms with E-state index in [9.17, 15) is 24.1 Å². The number of carboxylic acids is 1. The third kappa shape index (κ3) is 4.02. The molecule has 1 heterocycles. The lowest BCUT2D eigenvalue weighted by Crippen LogP contribution is -2.25. The lowest BCUT2D eigenvalue weighted by atomic mass is 10.0. The molecule has 0 aromatic heterocycles. The fourth-order valence-electron chi connectivity index (χ4n) is 3.06. The third-order valence-electron chi connectivity index (χ3n) is 4.31. The Bertz CT molecular complexity index is 828. The molecule has 1 unspecified atom stereocenters. The minimum absolute atomic E-state index is 0.0592. The number of rotatable bonds is 6. The maximum Gasteiger partial charge on any atom is 0.303 e. The van der Waals surface area contributed by atoms with Crippen LogP contribution in [0.15, 0.2) is 30.3 Å². The van der Waals surface area contributed by atoms with E-state index in [0.717, 1.165) is 33.5 Å². The molecule has 1 fully saturated rings. The van der Waals surface area contributed by atoms with Crippen molar-refractivity contribution < 1.29 is 29.2 Å². The molecular weight excluding hydrogens is 360 g/mol. The van der Waals surface area contributed by atoms with Gasteiger partial charge in [-0.25, -0.2) is 0 Å². The molecule has 6 N–H and O–H groups in total. The molecule has 0 spiro atoms. The summed E-state index contributed by atoms with van der Waals surface area (Å²) < 4.78 is 23.6. The van der Waals surface area contributed by atoms with E-state index in [-0.39, 0.29) is 24.4 Å². The lowest BCUT2D eigenvalue weighted by molar-refractivity contribution is -0.137. The van der Waals surface area contributed by atoms with Gasteiger partial charge >= 0.3 is 5.97 Å². The summed E-state index contributed by atoms with van der Waals surface area (Å²) in [7, 11) is -3.40. The number of aliphatic hydroxyl groups is 1. The highest BCUT2D eigenvalue weighted by Gasteiger charge is 2.36. The molecule has 0 saturated carbocycles. The Morgan fingerprint density at radius 1 is 1.19 bits per heavy atom. The molecule has 0 radical (unpaired) electrons. The van der Waals surface area contributed by atoms with Gasteiger partial charge in [0.25, 0.3) is 0 Å². The van der Waals surface area contributed by atoms with Crippen molar-refractivity contribution in [1.82, 2.24) is 4.72 Å². The van der Waals surface area contributed by atoms with Gasteiger partial charge in [-0.3, -0.25) is 18.2 Å². The molecule has 1 atom stereocenters. The van der Waals surface area contributed by atoms with Gasteiger partial charge in [-0.15, -0.1) is 0 Å². The zero-order valence-electron chi connectivity index (χ0n) is 14.0. The van der Waals surface area contributed by atoms with E-state index in [4.69, 9.17) is 5.11 Å². The van der Waals surface area contributed by atoms with Gasteiger partial charge in [0.2, 0.25) is 0 Å². The van der Waals surface area contributed by atoms with E-state index in [1.165, 1.54) is 0 Å². The van der Waals surface area contributed by atoms with Gasteiger partial charge in [0.1, 0.15) is 17.7 Å². The van der Waals surface area contributed by atoms with Crippen LogP contribution in [0.4, 0.5) is 5.69 Å². The van der Waals surface area contributed by atoms with E-state index in [0.29, 0.717) is 6.42 Å². The van der Waals surface area contributed by atoms with Crippen molar-refractivity contribution in [2.24, 2.45) is 0 Å². The van der Waals surface area contributed by atoms with Crippen LogP contribution in [0.1, 0.15) is 24.8 Å². The predicted molar refractivity (Wildman–Crippen MR) is 100 cm³/mol. The van der Waals surface area contributed by atoms with Crippen LogP contribution in [0.25, 0.3) is 10.8 Å². The smallest absolute Gasteiger partial charge is 0.303 e. The van der Waals surface area contributed by atoms with Gasteiger partial charge in [-0.05, 0) is 47.7 Å². The Labute approximate surface area is 152 Å². The van der Waals surface area contributed by atoms with Crippen molar-refractivity contribution in [2.45, 2.75) is 31.9 Å². The number of β-amino-alcohol motifs (C(OH)–C–C–N with tert-alkyl or cyclic N) is 1. The first-order valence-corrected chi connectivity index (χ1v) is 9.75. The van der Waals surface area contributed by atoms with E-state index in [2.05, 4.69) is 4.72 Å². The number of carbonyl (C=O) groups is 1. The number of hydrogen-bond donors (Lipinski definition) is 6. The number of carboxylic acid groups (broad SMARTS) is 1. The summed E-state index contributed by atoms with van der Waals surface area (Å²) in [5.74, 6) is -0.911. The Morgan fingerprint density at radius 2 is 1.96 bits per heavy atom. The van der Waals surface area contributed by atoms with Crippen LogP contribution in [-0.4, -0.2) is 43.2 Å². The standard InChI is InChI=1S/C17H22N2O6S/c20-15-9-12-6-5-11(3-1-2-4-17(22)23)7-13(12)8-14(15)19-10-16(21)18-26(19,24)25/h5-9,16,18,20-21,24-25H,1-4,10H2,(H,22,23). The molecule has 3 rings (SSSR count).